The molecule has 0 amide bonds. The molecule has 4 heterocycles. The van der Waals surface area contributed by atoms with Crippen LogP contribution in [0.3, 0.4) is 0 Å². The average Bonchev–Trinajstić information content (AvgIpc) is 1.60. The summed E-state index contributed by atoms with van der Waals surface area (Å²) in [6.07, 6.45) is 4.90. The second kappa shape index (κ2) is 35.1. The van der Waals surface area contributed by atoms with E-state index in [0.29, 0.717) is 71.5 Å². The van der Waals surface area contributed by atoms with Gasteiger partial charge in [0.2, 0.25) is 0 Å². The molecule has 4 heteroatoms. The highest BCUT2D eigenvalue weighted by atomic mass is 15.2. The normalized spacial score (nSPS) is 26.0. The van der Waals surface area contributed by atoms with Crippen molar-refractivity contribution < 1.29 is 0 Å². The van der Waals surface area contributed by atoms with E-state index >= 15 is 0 Å². The van der Waals surface area contributed by atoms with E-state index in [-0.39, 0.29) is 59.4 Å². The monoisotopic (exact) mass is 1410 g/mol. The van der Waals surface area contributed by atoms with E-state index in [1.807, 2.05) is 0 Å². The van der Waals surface area contributed by atoms with Gasteiger partial charge in [-0.15, -0.1) is 0 Å². The zero-order valence-corrected chi connectivity index (χ0v) is 62.5. The van der Waals surface area contributed by atoms with Crippen LogP contribution in [0.25, 0.3) is 44.5 Å². The van der Waals surface area contributed by atoms with Crippen molar-refractivity contribution in [3.8, 4) is 44.5 Å². The molecule has 0 fully saturated rings. The molecule has 0 aromatic heterocycles. The van der Waals surface area contributed by atoms with Crippen molar-refractivity contribution in [3.63, 3.8) is 0 Å². The Labute approximate surface area is 640 Å². The molecule has 104 heavy (non-hydrogen) atoms. The van der Waals surface area contributed by atoms with Crippen LogP contribution in [0.4, 0.5) is 22.7 Å². The predicted molar refractivity (Wildman–Crippen MR) is 470 cm³/mol. The molecule has 0 unspecified atom stereocenters. The van der Waals surface area contributed by atoms with Crippen LogP contribution in [0.15, 0.2) is 146 Å². The van der Waals surface area contributed by atoms with E-state index in [9.17, 15) is 0 Å². The first-order valence-electron chi connectivity index (χ1n) is 38.2. The van der Waals surface area contributed by atoms with Crippen LogP contribution in [0.1, 0.15) is 312 Å². The summed E-state index contributed by atoms with van der Waals surface area (Å²) in [5.41, 5.74) is 35.9. The molecular weight excluding hydrogens is 1260 g/mol. The average molecular weight is 1410 g/mol. The van der Waals surface area contributed by atoms with Crippen LogP contribution in [0, 0.1) is 23.7 Å². The standard InChI is InChI=1S/4C23H29N.8CH4/c1-6-24-17(5)16(4)19-10-8-12-21(23(19)24)20-11-7-9-18-13-14(2)15(3)22(18)20;1-6-24-17(5)16(4)21-8-7-9-22(23(21)24)18-10-11-20-15(3)14(2)12-19(20)13-18;1-6-24-17(5)16(4)20-11-10-18(13-23(20)24)21-9-7-8-19-15(3)14(2)12-22(19)21;1-6-24-17(5)16(4)20-8-7-9-21(23(20)24)19-11-10-18-12-14(2)15(3)22(18)13-19;;;;;;;;/h7-12,14-17H,6,13H2,1-5H3;3*7-11,13-17H,6,12H2,1-5H3;8*1H4/t14-,15-,16+,17-;14-,15-,16-,17+;2*14-,15-,16+,17-;;;;;;;;/m0100......../s1. The van der Waals surface area contributed by atoms with Gasteiger partial charge < -0.3 is 19.6 Å². The van der Waals surface area contributed by atoms with Gasteiger partial charge in [0.25, 0.3) is 0 Å². The van der Waals surface area contributed by atoms with Crippen molar-refractivity contribution in [2.75, 3.05) is 45.8 Å². The first kappa shape index (κ1) is 87.6. The van der Waals surface area contributed by atoms with Gasteiger partial charge in [-0.2, -0.15) is 0 Å². The predicted octanol–water partition coefficient (Wildman–Crippen LogP) is 29.0. The first-order chi connectivity index (χ1) is 46.1. The number of para-hydroxylation sites is 3. The van der Waals surface area contributed by atoms with Gasteiger partial charge in [0.15, 0.2) is 0 Å². The highest BCUT2D eigenvalue weighted by Gasteiger charge is 2.40. The molecule has 4 aliphatic heterocycles. The molecule has 16 rings (SSSR count). The molecule has 8 aliphatic rings. The number of hydrogen-bond acceptors (Lipinski definition) is 4. The Balaban J connectivity index is 0.000000243. The molecule has 0 radical (unpaired) electrons. The molecule has 8 aromatic rings. The Morgan fingerprint density at radius 2 is 0.615 bits per heavy atom. The molecular formula is C100H148N4. The van der Waals surface area contributed by atoms with Gasteiger partial charge >= 0.3 is 0 Å². The highest BCUT2D eigenvalue weighted by molar-refractivity contribution is 5.88. The first-order valence-corrected chi connectivity index (χ1v) is 38.2. The lowest BCUT2D eigenvalue weighted by molar-refractivity contribution is 0.532. The topological polar surface area (TPSA) is 13.0 Å². The van der Waals surface area contributed by atoms with Crippen LogP contribution in [-0.4, -0.2) is 50.3 Å². The van der Waals surface area contributed by atoms with Crippen LogP contribution in [-0.2, 0) is 25.7 Å². The lowest BCUT2D eigenvalue weighted by Gasteiger charge is -2.27. The fourth-order valence-electron chi connectivity index (χ4n) is 19.7. The molecule has 0 saturated carbocycles. The van der Waals surface area contributed by atoms with Gasteiger partial charge in [-0.1, -0.05) is 282 Å². The van der Waals surface area contributed by atoms with E-state index in [0.717, 1.165) is 49.9 Å². The molecule has 4 nitrogen and oxygen atoms in total. The second-order valence-corrected chi connectivity index (χ2v) is 31.7. The Bertz CT molecular complexity index is 4170. The molecule has 568 valence electrons. The van der Waals surface area contributed by atoms with Gasteiger partial charge in [-0.3, -0.25) is 0 Å². The summed E-state index contributed by atoms with van der Waals surface area (Å²) in [5, 5.41) is 0. The molecule has 0 N–H and O–H groups in total. The van der Waals surface area contributed by atoms with Crippen LogP contribution in [0.2, 0.25) is 0 Å². The highest BCUT2D eigenvalue weighted by Crippen LogP contribution is 2.54. The smallest absolute Gasteiger partial charge is 0.0484 e. The maximum absolute atomic E-state index is 2.61. The summed E-state index contributed by atoms with van der Waals surface area (Å²) in [5.74, 6) is 8.18. The minimum atomic E-state index is 0. The van der Waals surface area contributed by atoms with Crippen molar-refractivity contribution in [2.45, 2.75) is 295 Å². The number of hydrogen-bond donors (Lipinski definition) is 0. The number of likely N-dealkylation sites (N-methyl/N-ethyl adjacent to an activating group) is 4. The largest absolute Gasteiger partial charge is 0.368 e. The molecule has 0 bridgehead atoms. The van der Waals surface area contributed by atoms with Gasteiger partial charge in [-0.25, -0.2) is 0 Å². The van der Waals surface area contributed by atoms with Crippen molar-refractivity contribution >= 4 is 22.7 Å². The third-order valence-corrected chi connectivity index (χ3v) is 27.0. The fourth-order valence-corrected chi connectivity index (χ4v) is 19.7. The SMILES string of the molecule is C.C.C.C.C.C.C.C.CCN1c2c(-c3ccc4c(c3)C[C@@H](C)[C@H]4C)cccc2[C@H](C)[C@@H]1C.CCN1c2c(-c3ccc4c(c3)[C@@H](C)[C@@H](C)C4)cccc2[C@H](C)[C@@H]1C.CCN1c2c(-c3cccc4c3[C@@H](C)[C@@H](C)C4)cccc2[C@H](C)[C@@H]1C.CCN1c2cc(-c3cccc4c3C[C@H](C)[C@@H]4C)ccc2[C@H](C)[C@@H]1C. The van der Waals surface area contributed by atoms with Gasteiger partial charge in [-0.05, 0) is 229 Å². The summed E-state index contributed by atoms with van der Waals surface area (Å²) < 4.78 is 0. The minimum absolute atomic E-state index is 0. The number of fused-ring (bicyclic) bond motifs is 8. The summed E-state index contributed by atoms with van der Waals surface area (Å²) in [7, 11) is 0. The summed E-state index contributed by atoms with van der Waals surface area (Å²) in [6, 6.07) is 58.5. The third-order valence-electron chi connectivity index (χ3n) is 27.0. The zero-order chi connectivity index (χ0) is 68.0. The number of nitrogens with zero attached hydrogens (tertiary/aromatic N) is 4. The Kier molecular flexibility index (Phi) is 29.6. The van der Waals surface area contributed by atoms with Crippen molar-refractivity contribution in [3.05, 3.63) is 212 Å². The fraction of sp³-hybridized carbons (Fsp3) is 0.520. The lowest BCUT2D eigenvalue weighted by atomic mass is 9.88. The van der Waals surface area contributed by atoms with Crippen molar-refractivity contribution in [2.24, 2.45) is 23.7 Å². The summed E-state index contributed by atoms with van der Waals surface area (Å²) in [6.45, 7) is 51.5. The summed E-state index contributed by atoms with van der Waals surface area (Å²) >= 11 is 0. The van der Waals surface area contributed by atoms with Crippen LogP contribution < -0.4 is 19.6 Å². The Morgan fingerprint density at radius 1 is 0.260 bits per heavy atom. The molecule has 16 atom stereocenters. The van der Waals surface area contributed by atoms with Gasteiger partial charge in [0, 0.05) is 113 Å². The van der Waals surface area contributed by atoms with Crippen LogP contribution in [0.5, 0.6) is 0 Å². The Morgan fingerprint density at radius 3 is 1.13 bits per heavy atom. The van der Waals surface area contributed by atoms with E-state index in [4.69, 9.17) is 0 Å². The molecule has 4 aliphatic carbocycles. The van der Waals surface area contributed by atoms with E-state index in [1.165, 1.54) is 115 Å². The number of benzene rings is 8. The third kappa shape index (κ3) is 14.8. The quantitative estimate of drug-likeness (QED) is 0.150. The maximum atomic E-state index is 2.61. The number of rotatable bonds is 8. The van der Waals surface area contributed by atoms with Crippen molar-refractivity contribution in [1.82, 2.24) is 0 Å². The Hall–Kier alpha value is -7.04. The lowest BCUT2D eigenvalue weighted by Crippen LogP contribution is -2.30. The van der Waals surface area contributed by atoms with E-state index in [1.54, 1.807) is 44.5 Å². The van der Waals surface area contributed by atoms with Crippen molar-refractivity contribution in [1.29, 1.82) is 0 Å². The van der Waals surface area contributed by atoms with E-state index < -0.39 is 0 Å². The molecule has 8 aromatic carbocycles. The van der Waals surface area contributed by atoms with Gasteiger partial charge in [0.05, 0.1) is 0 Å². The maximum Gasteiger partial charge on any atom is 0.0484 e. The zero-order valence-electron chi connectivity index (χ0n) is 62.5. The summed E-state index contributed by atoms with van der Waals surface area (Å²) in [4.78, 5) is 10.4. The van der Waals surface area contributed by atoms with E-state index in [2.05, 4.69) is 304 Å². The molecule has 0 saturated heterocycles. The minimum Gasteiger partial charge on any atom is -0.368 e. The molecule has 0 spiro atoms. The van der Waals surface area contributed by atoms with Gasteiger partial charge in [0.1, 0.15) is 0 Å². The second-order valence-electron chi connectivity index (χ2n) is 31.7. The van der Waals surface area contributed by atoms with Crippen LogP contribution >= 0.6 is 0 Å². The number of anilines is 4.